The van der Waals surface area contributed by atoms with Crippen molar-refractivity contribution in [1.82, 2.24) is 14.3 Å². The average Bonchev–Trinajstić information content (AvgIpc) is 3.28. The van der Waals surface area contributed by atoms with Crippen LogP contribution in [-0.2, 0) is 22.9 Å². The summed E-state index contributed by atoms with van der Waals surface area (Å²) >= 11 is 1.41. The zero-order valence-corrected chi connectivity index (χ0v) is 17.1. The molecule has 3 heterocycles. The fraction of sp³-hybridized carbons (Fsp3) is 0.368. The summed E-state index contributed by atoms with van der Waals surface area (Å²) in [6.45, 7) is 1.01. The summed E-state index contributed by atoms with van der Waals surface area (Å²) in [5.74, 6) is 1.12. The van der Waals surface area contributed by atoms with Gasteiger partial charge in [-0.1, -0.05) is 12.1 Å². The van der Waals surface area contributed by atoms with Gasteiger partial charge in [0.05, 0.1) is 24.3 Å². The number of ether oxygens (including phenoxy) is 1. The summed E-state index contributed by atoms with van der Waals surface area (Å²) in [7, 11) is -1.39. The molecule has 4 rings (SSSR count). The van der Waals surface area contributed by atoms with Crippen LogP contribution in [0.5, 0.6) is 5.75 Å². The third-order valence-electron chi connectivity index (χ3n) is 4.99. The maximum absolute atomic E-state index is 12.3. The molecule has 0 bridgehead atoms. The molecule has 2 aromatic heterocycles. The topological polar surface area (TPSA) is 81.0 Å². The molecule has 1 unspecified atom stereocenters. The van der Waals surface area contributed by atoms with Crippen molar-refractivity contribution in [1.29, 1.82) is 0 Å². The lowest BCUT2D eigenvalue weighted by Gasteiger charge is -2.27. The van der Waals surface area contributed by atoms with Crippen LogP contribution in [0.2, 0.25) is 0 Å². The van der Waals surface area contributed by atoms with Crippen molar-refractivity contribution in [2.24, 2.45) is 0 Å². The van der Waals surface area contributed by atoms with Crippen molar-refractivity contribution in [2.75, 3.05) is 18.6 Å². The smallest absolute Gasteiger partial charge is 0.258 e. The minimum Gasteiger partial charge on any atom is -0.497 e. The van der Waals surface area contributed by atoms with Gasteiger partial charge < -0.3 is 4.74 Å². The maximum atomic E-state index is 12.3. The Labute approximate surface area is 167 Å². The molecular weight excluding hydrogens is 398 g/mol. The lowest BCUT2D eigenvalue weighted by atomic mass is 10.1. The number of aromatic nitrogens is 2. The summed E-state index contributed by atoms with van der Waals surface area (Å²) in [5, 5.41) is 1.83. The molecule has 1 aliphatic rings. The zero-order valence-electron chi connectivity index (χ0n) is 15.4. The Balaban J connectivity index is 1.62. The Kier molecular flexibility index (Phi) is 5.22. The van der Waals surface area contributed by atoms with Crippen molar-refractivity contribution in [3.8, 4) is 5.75 Å². The molecule has 1 atom stereocenters. The number of sulfone groups is 1. The Morgan fingerprint density at radius 2 is 2.07 bits per heavy atom. The molecule has 148 valence electrons. The second-order valence-electron chi connectivity index (χ2n) is 6.95. The standard InChI is InChI=1S/C19H21N3O4S2/c1-26-17-4-2-14(3-5-17)11-21(16-6-9-28(24,25)13-16)12-15-10-18(23)22-7-8-27-19(22)20-15/h2-5,7-8,10,16H,6,9,11-13H2,1H3. The van der Waals surface area contributed by atoms with Crippen LogP contribution in [0.15, 0.2) is 46.7 Å². The highest BCUT2D eigenvalue weighted by atomic mass is 32.2. The first-order chi connectivity index (χ1) is 13.4. The first-order valence-electron chi connectivity index (χ1n) is 8.97. The van der Waals surface area contributed by atoms with Crippen molar-refractivity contribution in [3.05, 3.63) is 63.5 Å². The number of benzene rings is 1. The second-order valence-corrected chi connectivity index (χ2v) is 10.1. The number of rotatable bonds is 6. The van der Waals surface area contributed by atoms with E-state index in [4.69, 9.17) is 4.74 Å². The van der Waals surface area contributed by atoms with Crippen molar-refractivity contribution in [3.63, 3.8) is 0 Å². The van der Waals surface area contributed by atoms with Gasteiger partial charge in [-0.25, -0.2) is 13.4 Å². The third-order valence-corrected chi connectivity index (χ3v) is 7.50. The molecule has 0 spiro atoms. The Hall–Kier alpha value is -2.23. The molecule has 9 heteroatoms. The van der Waals surface area contributed by atoms with Crippen molar-refractivity contribution in [2.45, 2.75) is 25.6 Å². The number of thiazole rings is 1. The highest BCUT2D eigenvalue weighted by Gasteiger charge is 2.32. The third kappa shape index (κ3) is 4.11. The maximum Gasteiger partial charge on any atom is 0.258 e. The number of fused-ring (bicyclic) bond motifs is 1. The predicted molar refractivity (Wildman–Crippen MR) is 109 cm³/mol. The summed E-state index contributed by atoms with van der Waals surface area (Å²) in [6, 6.07) is 9.17. The largest absolute Gasteiger partial charge is 0.497 e. The minimum absolute atomic E-state index is 0.0873. The van der Waals surface area contributed by atoms with E-state index < -0.39 is 9.84 Å². The lowest BCUT2D eigenvalue weighted by Crippen LogP contribution is -2.36. The normalized spacial score (nSPS) is 18.7. The molecule has 1 saturated heterocycles. The van der Waals surface area contributed by atoms with Gasteiger partial charge in [0.1, 0.15) is 5.75 Å². The Bertz CT molecular complexity index is 1140. The first kappa shape index (κ1) is 19.1. The summed E-state index contributed by atoms with van der Waals surface area (Å²) < 4.78 is 30.8. The Morgan fingerprint density at radius 3 is 2.75 bits per heavy atom. The van der Waals surface area contributed by atoms with Gasteiger partial charge in [0.15, 0.2) is 14.8 Å². The number of nitrogens with zero attached hydrogens (tertiary/aromatic N) is 3. The fourth-order valence-electron chi connectivity index (χ4n) is 3.52. The Morgan fingerprint density at radius 1 is 1.29 bits per heavy atom. The number of hydrogen-bond acceptors (Lipinski definition) is 7. The van der Waals surface area contributed by atoms with Gasteiger partial charge in [-0.05, 0) is 24.1 Å². The van der Waals surface area contributed by atoms with E-state index >= 15 is 0 Å². The van der Waals surface area contributed by atoms with Crippen molar-refractivity contribution >= 4 is 26.1 Å². The molecule has 28 heavy (non-hydrogen) atoms. The van der Waals surface area contributed by atoms with E-state index in [2.05, 4.69) is 9.88 Å². The quantitative estimate of drug-likeness (QED) is 0.608. The molecule has 0 amide bonds. The van der Waals surface area contributed by atoms with E-state index in [9.17, 15) is 13.2 Å². The molecular formula is C19H21N3O4S2. The van der Waals surface area contributed by atoms with Crippen LogP contribution in [0.25, 0.3) is 4.96 Å². The lowest BCUT2D eigenvalue weighted by molar-refractivity contribution is 0.192. The van der Waals surface area contributed by atoms with Crippen LogP contribution in [0.4, 0.5) is 0 Å². The van der Waals surface area contributed by atoms with E-state index in [0.717, 1.165) is 11.3 Å². The van der Waals surface area contributed by atoms with Gasteiger partial charge >= 0.3 is 0 Å². The molecule has 1 aromatic carbocycles. The monoisotopic (exact) mass is 419 g/mol. The SMILES string of the molecule is COc1ccc(CN(Cc2cc(=O)n3ccsc3n2)C2CCS(=O)(=O)C2)cc1. The molecule has 0 N–H and O–H groups in total. The van der Waals surface area contributed by atoms with Crippen LogP contribution >= 0.6 is 11.3 Å². The predicted octanol–water partition coefficient (Wildman–Crippen LogP) is 1.95. The van der Waals surface area contributed by atoms with E-state index in [1.54, 1.807) is 13.3 Å². The second kappa shape index (κ2) is 7.65. The van der Waals surface area contributed by atoms with Crippen LogP contribution in [0.1, 0.15) is 17.7 Å². The van der Waals surface area contributed by atoms with E-state index in [1.807, 2.05) is 29.6 Å². The minimum atomic E-state index is -3.02. The molecule has 0 radical (unpaired) electrons. The summed E-state index contributed by atoms with van der Waals surface area (Å²) in [5.41, 5.74) is 1.59. The zero-order chi connectivity index (χ0) is 19.7. The van der Waals surface area contributed by atoms with Crippen LogP contribution in [-0.4, -0.2) is 47.4 Å². The van der Waals surface area contributed by atoms with Crippen molar-refractivity contribution < 1.29 is 13.2 Å². The summed E-state index contributed by atoms with van der Waals surface area (Å²) in [6.07, 6.45) is 2.30. The summed E-state index contributed by atoms with van der Waals surface area (Å²) in [4.78, 5) is 19.6. The van der Waals surface area contributed by atoms with Crippen LogP contribution < -0.4 is 10.3 Å². The van der Waals surface area contributed by atoms with Gasteiger partial charge in [-0.2, -0.15) is 0 Å². The van der Waals surface area contributed by atoms with E-state index in [1.165, 1.54) is 21.8 Å². The fourth-order valence-corrected chi connectivity index (χ4v) is 6.02. The molecule has 0 aliphatic carbocycles. The molecule has 3 aromatic rings. The highest BCUT2D eigenvalue weighted by Crippen LogP contribution is 2.23. The molecule has 7 nitrogen and oxygen atoms in total. The average molecular weight is 420 g/mol. The molecule has 1 fully saturated rings. The van der Waals surface area contributed by atoms with E-state index in [-0.39, 0.29) is 23.1 Å². The molecule has 1 aliphatic heterocycles. The highest BCUT2D eigenvalue weighted by molar-refractivity contribution is 7.91. The first-order valence-corrected chi connectivity index (χ1v) is 11.7. The number of methoxy groups -OCH3 is 1. The van der Waals surface area contributed by atoms with Gasteiger partial charge in [0, 0.05) is 36.8 Å². The van der Waals surface area contributed by atoms with Gasteiger partial charge in [0.25, 0.3) is 5.56 Å². The molecule has 0 saturated carbocycles. The van der Waals surface area contributed by atoms with Gasteiger partial charge in [-0.15, -0.1) is 11.3 Å². The van der Waals surface area contributed by atoms with Gasteiger partial charge in [-0.3, -0.25) is 14.1 Å². The van der Waals surface area contributed by atoms with Crippen LogP contribution in [0, 0.1) is 0 Å². The van der Waals surface area contributed by atoms with E-state index in [0.29, 0.717) is 30.2 Å². The van der Waals surface area contributed by atoms with Crippen LogP contribution in [0.3, 0.4) is 0 Å². The van der Waals surface area contributed by atoms with Gasteiger partial charge in [0.2, 0.25) is 0 Å². The number of hydrogen-bond donors (Lipinski definition) is 0.